The van der Waals surface area contributed by atoms with Gasteiger partial charge in [-0.25, -0.2) is 4.98 Å². The van der Waals surface area contributed by atoms with Crippen molar-refractivity contribution in [2.24, 2.45) is 0 Å². The number of carbonyl (C=O) groups is 2. The highest BCUT2D eigenvalue weighted by atomic mass is 16.2. The van der Waals surface area contributed by atoms with Gasteiger partial charge in [0.15, 0.2) is 0 Å². The summed E-state index contributed by atoms with van der Waals surface area (Å²) < 4.78 is 0. The van der Waals surface area contributed by atoms with Crippen molar-refractivity contribution >= 4 is 11.8 Å². The minimum Gasteiger partial charge on any atom is -0.351 e. The number of hydrogen-bond donors (Lipinski definition) is 1. The van der Waals surface area contributed by atoms with Crippen LogP contribution < -0.4 is 5.32 Å². The van der Waals surface area contributed by atoms with Crippen molar-refractivity contribution in [3.05, 3.63) is 29.6 Å². The summed E-state index contributed by atoms with van der Waals surface area (Å²) in [7, 11) is 0. The molecule has 2 saturated heterocycles. The highest BCUT2D eigenvalue weighted by molar-refractivity contribution is 5.93. The summed E-state index contributed by atoms with van der Waals surface area (Å²) in [6, 6.07) is 5.74. The standard InChI is InChI=1S/C14H17N3O2/c1-9-3-2-4-11(15-9)14(19)17-8-7-10-12(17)5-6-13(18)16-10/h2-4,10,12H,5-8H2,1H3,(H,16,18)/t10-,12+/m0/s1. The minimum absolute atomic E-state index is 0.0210. The number of carbonyl (C=O) groups excluding carboxylic acids is 2. The van der Waals surface area contributed by atoms with Crippen LogP contribution in [0.25, 0.3) is 0 Å². The average Bonchev–Trinajstić information content (AvgIpc) is 2.80. The first-order chi connectivity index (χ1) is 9.15. The Kier molecular flexibility index (Phi) is 2.97. The van der Waals surface area contributed by atoms with Crippen LogP contribution in [-0.2, 0) is 4.79 Å². The summed E-state index contributed by atoms with van der Waals surface area (Å²) in [6.45, 7) is 2.58. The summed E-state index contributed by atoms with van der Waals surface area (Å²) in [5.41, 5.74) is 1.34. The molecule has 2 fully saturated rings. The van der Waals surface area contributed by atoms with Gasteiger partial charge in [-0.1, -0.05) is 6.07 Å². The highest BCUT2D eigenvalue weighted by Crippen LogP contribution is 2.26. The zero-order valence-electron chi connectivity index (χ0n) is 10.9. The van der Waals surface area contributed by atoms with Crippen LogP contribution in [0.1, 0.15) is 35.4 Å². The zero-order chi connectivity index (χ0) is 13.4. The van der Waals surface area contributed by atoms with E-state index in [1.807, 2.05) is 24.0 Å². The number of piperidine rings is 1. The number of nitrogens with zero attached hydrogens (tertiary/aromatic N) is 2. The molecule has 3 rings (SSSR count). The van der Waals surface area contributed by atoms with Gasteiger partial charge in [0, 0.05) is 18.7 Å². The topological polar surface area (TPSA) is 62.3 Å². The Hall–Kier alpha value is -1.91. The van der Waals surface area contributed by atoms with Gasteiger partial charge in [-0.3, -0.25) is 9.59 Å². The van der Waals surface area contributed by atoms with Crippen LogP contribution >= 0.6 is 0 Å². The normalized spacial score (nSPS) is 25.9. The molecule has 3 heterocycles. The lowest BCUT2D eigenvalue weighted by atomic mass is 9.99. The van der Waals surface area contributed by atoms with Gasteiger partial charge >= 0.3 is 0 Å². The maximum atomic E-state index is 12.5. The number of amides is 2. The van der Waals surface area contributed by atoms with Crippen LogP contribution in [0.15, 0.2) is 18.2 Å². The van der Waals surface area contributed by atoms with Crippen LogP contribution in [0.2, 0.25) is 0 Å². The molecule has 2 aliphatic heterocycles. The predicted octanol–water partition coefficient (Wildman–Crippen LogP) is 0.883. The van der Waals surface area contributed by atoms with Gasteiger partial charge < -0.3 is 10.2 Å². The van der Waals surface area contributed by atoms with Gasteiger partial charge in [-0.2, -0.15) is 0 Å². The van der Waals surface area contributed by atoms with Gasteiger partial charge in [-0.15, -0.1) is 0 Å². The minimum atomic E-state index is -0.0210. The van der Waals surface area contributed by atoms with Crippen molar-refractivity contribution in [1.29, 1.82) is 0 Å². The molecule has 0 unspecified atom stereocenters. The molecule has 19 heavy (non-hydrogen) atoms. The zero-order valence-corrected chi connectivity index (χ0v) is 10.9. The van der Waals surface area contributed by atoms with Crippen molar-refractivity contribution in [1.82, 2.24) is 15.2 Å². The first-order valence-corrected chi connectivity index (χ1v) is 6.69. The Balaban J connectivity index is 1.80. The molecular weight excluding hydrogens is 242 g/mol. The maximum absolute atomic E-state index is 12.5. The van der Waals surface area contributed by atoms with Crippen LogP contribution in [0.5, 0.6) is 0 Å². The van der Waals surface area contributed by atoms with Gasteiger partial charge in [-0.05, 0) is 31.9 Å². The van der Waals surface area contributed by atoms with E-state index in [2.05, 4.69) is 10.3 Å². The number of aryl methyl sites for hydroxylation is 1. The van der Waals surface area contributed by atoms with Crippen molar-refractivity contribution in [2.45, 2.75) is 38.3 Å². The summed E-state index contributed by atoms with van der Waals surface area (Å²) in [6.07, 6.45) is 2.11. The van der Waals surface area contributed by atoms with E-state index in [-0.39, 0.29) is 23.9 Å². The molecule has 2 aliphatic rings. The molecule has 1 aromatic rings. The van der Waals surface area contributed by atoms with Crippen molar-refractivity contribution in [3.63, 3.8) is 0 Å². The second-order valence-electron chi connectivity index (χ2n) is 5.23. The fourth-order valence-corrected chi connectivity index (χ4v) is 3.00. The fourth-order valence-electron chi connectivity index (χ4n) is 3.00. The van der Waals surface area contributed by atoms with Crippen LogP contribution in [-0.4, -0.2) is 40.3 Å². The van der Waals surface area contributed by atoms with Crippen molar-refractivity contribution in [3.8, 4) is 0 Å². The second-order valence-corrected chi connectivity index (χ2v) is 5.23. The Labute approximate surface area is 112 Å². The van der Waals surface area contributed by atoms with E-state index in [4.69, 9.17) is 0 Å². The third kappa shape index (κ3) is 2.20. The number of fused-ring (bicyclic) bond motifs is 1. The van der Waals surface area contributed by atoms with Gasteiger partial charge in [0.05, 0.1) is 12.1 Å². The molecule has 5 nitrogen and oxygen atoms in total. The molecule has 0 saturated carbocycles. The SMILES string of the molecule is Cc1cccc(C(=O)N2CC[C@@H]3NC(=O)CC[C@H]32)n1. The van der Waals surface area contributed by atoms with E-state index < -0.39 is 0 Å². The first kappa shape index (κ1) is 12.1. The maximum Gasteiger partial charge on any atom is 0.272 e. The van der Waals surface area contributed by atoms with E-state index >= 15 is 0 Å². The van der Waals surface area contributed by atoms with Crippen LogP contribution in [0.3, 0.4) is 0 Å². The lowest BCUT2D eigenvalue weighted by molar-refractivity contribution is -0.123. The molecule has 0 spiro atoms. The quantitative estimate of drug-likeness (QED) is 0.814. The molecule has 2 atom stereocenters. The molecule has 0 aromatic carbocycles. The Morgan fingerprint density at radius 2 is 2.26 bits per heavy atom. The molecular formula is C14H17N3O2. The largest absolute Gasteiger partial charge is 0.351 e. The number of pyridine rings is 1. The molecule has 0 radical (unpaired) electrons. The van der Waals surface area contributed by atoms with Gasteiger partial charge in [0.2, 0.25) is 5.91 Å². The smallest absolute Gasteiger partial charge is 0.272 e. The molecule has 100 valence electrons. The van der Waals surface area contributed by atoms with Gasteiger partial charge in [0.25, 0.3) is 5.91 Å². The fraction of sp³-hybridized carbons (Fsp3) is 0.500. The number of rotatable bonds is 1. The van der Waals surface area contributed by atoms with E-state index in [9.17, 15) is 9.59 Å². The first-order valence-electron chi connectivity index (χ1n) is 6.69. The summed E-state index contributed by atoms with van der Waals surface area (Å²) in [5, 5.41) is 2.97. The third-order valence-electron chi connectivity index (χ3n) is 3.93. The summed E-state index contributed by atoms with van der Waals surface area (Å²) in [4.78, 5) is 30.0. The van der Waals surface area contributed by atoms with E-state index in [1.165, 1.54) is 0 Å². The van der Waals surface area contributed by atoms with Crippen LogP contribution in [0.4, 0.5) is 0 Å². The highest BCUT2D eigenvalue weighted by Gasteiger charge is 2.40. The summed E-state index contributed by atoms with van der Waals surface area (Å²) in [5.74, 6) is 0.0802. The van der Waals surface area contributed by atoms with E-state index in [0.29, 0.717) is 18.7 Å². The van der Waals surface area contributed by atoms with E-state index in [0.717, 1.165) is 18.5 Å². The predicted molar refractivity (Wildman–Crippen MR) is 69.6 cm³/mol. The number of likely N-dealkylation sites (tertiary alicyclic amines) is 1. The van der Waals surface area contributed by atoms with Crippen molar-refractivity contribution in [2.75, 3.05) is 6.54 Å². The Bertz CT molecular complexity index is 529. The number of hydrogen-bond acceptors (Lipinski definition) is 3. The molecule has 1 N–H and O–H groups in total. The lowest BCUT2D eigenvalue weighted by Crippen LogP contribution is -2.50. The Morgan fingerprint density at radius 3 is 3.05 bits per heavy atom. The molecule has 1 aromatic heterocycles. The number of nitrogens with one attached hydrogen (secondary N) is 1. The van der Waals surface area contributed by atoms with E-state index in [1.54, 1.807) is 6.07 Å². The summed E-state index contributed by atoms with van der Waals surface area (Å²) >= 11 is 0. The monoisotopic (exact) mass is 259 g/mol. The molecule has 2 amide bonds. The Morgan fingerprint density at radius 1 is 1.42 bits per heavy atom. The lowest BCUT2D eigenvalue weighted by Gasteiger charge is -2.31. The molecule has 5 heteroatoms. The number of aromatic nitrogens is 1. The second kappa shape index (κ2) is 4.64. The van der Waals surface area contributed by atoms with Gasteiger partial charge in [0.1, 0.15) is 5.69 Å². The third-order valence-corrected chi connectivity index (χ3v) is 3.93. The van der Waals surface area contributed by atoms with Crippen molar-refractivity contribution < 1.29 is 9.59 Å². The molecule has 0 bridgehead atoms. The molecule has 0 aliphatic carbocycles. The average molecular weight is 259 g/mol. The van der Waals surface area contributed by atoms with Crippen LogP contribution in [0, 0.1) is 6.92 Å².